The number of alkyl carbamates (subject to hydrolysis) is 1. The summed E-state index contributed by atoms with van der Waals surface area (Å²) in [5.74, 6) is 1.12. The summed E-state index contributed by atoms with van der Waals surface area (Å²) >= 11 is 6.15. The highest BCUT2D eigenvalue weighted by Gasteiger charge is 2.43. The van der Waals surface area contributed by atoms with Crippen LogP contribution >= 0.6 is 11.6 Å². The molecule has 1 atom stereocenters. The zero-order valence-corrected chi connectivity index (χ0v) is 23.7. The largest absolute Gasteiger partial charge is 0.487 e. The van der Waals surface area contributed by atoms with Crippen molar-refractivity contribution in [1.29, 1.82) is 0 Å². The number of nitrogens with zero attached hydrogens (tertiary/aromatic N) is 2. The molecule has 4 aromatic rings. The van der Waals surface area contributed by atoms with Crippen molar-refractivity contribution in [3.63, 3.8) is 0 Å². The van der Waals surface area contributed by atoms with Gasteiger partial charge in [-0.3, -0.25) is 4.98 Å². The Balaban J connectivity index is 1.10. The molecule has 3 heterocycles. The van der Waals surface area contributed by atoms with Crippen LogP contribution in [0.4, 0.5) is 4.79 Å². The zero-order valence-electron chi connectivity index (χ0n) is 23.0. The molecule has 2 aliphatic heterocycles. The quantitative estimate of drug-likeness (QED) is 0.239. The Morgan fingerprint density at radius 3 is 2.34 bits per heavy atom. The van der Waals surface area contributed by atoms with Crippen LogP contribution in [0.15, 0.2) is 97.2 Å². The molecule has 7 heteroatoms. The maximum Gasteiger partial charge on any atom is 0.407 e. The predicted molar refractivity (Wildman–Crippen MR) is 161 cm³/mol. The first kappa shape index (κ1) is 27.3. The maximum atomic E-state index is 11.6. The Bertz CT molecular complexity index is 1440. The molecule has 2 fully saturated rings. The number of benzene rings is 3. The second-order valence-electron chi connectivity index (χ2n) is 11.0. The molecule has 2 aliphatic rings. The Morgan fingerprint density at radius 2 is 1.68 bits per heavy atom. The van der Waals surface area contributed by atoms with Gasteiger partial charge in [-0.15, -0.1) is 0 Å². The SMILES string of the molecule is O=C1NCC2(CCN(CC(Cc3ccc(Cl)cc3)c3ccc(OCc4ccc(-c5ccccc5)cn4)cc3)CC2)O1. The van der Waals surface area contributed by atoms with E-state index in [0.29, 0.717) is 19.1 Å². The summed E-state index contributed by atoms with van der Waals surface area (Å²) in [6.45, 7) is 3.77. The molecule has 0 bridgehead atoms. The van der Waals surface area contributed by atoms with E-state index in [9.17, 15) is 4.79 Å². The number of amides is 1. The number of hydrogen-bond donors (Lipinski definition) is 1. The highest BCUT2D eigenvalue weighted by atomic mass is 35.5. The molecule has 1 amide bonds. The van der Waals surface area contributed by atoms with Gasteiger partial charge in [0.05, 0.1) is 12.2 Å². The monoisotopic (exact) mass is 567 g/mol. The van der Waals surface area contributed by atoms with E-state index < -0.39 is 0 Å². The average molecular weight is 568 g/mol. The molecular weight excluding hydrogens is 534 g/mol. The van der Waals surface area contributed by atoms with Gasteiger partial charge in [0.25, 0.3) is 0 Å². The molecule has 0 saturated carbocycles. The molecule has 41 heavy (non-hydrogen) atoms. The predicted octanol–water partition coefficient (Wildman–Crippen LogP) is 6.88. The minimum Gasteiger partial charge on any atom is -0.487 e. The molecule has 1 aromatic heterocycles. The van der Waals surface area contributed by atoms with Gasteiger partial charge in [-0.2, -0.15) is 0 Å². The molecule has 1 unspecified atom stereocenters. The van der Waals surface area contributed by atoms with Crippen molar-refractivity contribution in [1.82, 2.24) is 15.2 Å². The third kappa shape index (κ3) is 6.89. The second kappa shape index (κ2) is 12.3. The van der Waals surface area contributed by atoms with E-state index in [1.54, 1.807) is 0 Å². The van der Waals surface area contributed by atoms with Crippen LogP contribution in [0.1, 0.15) is 35.6 Å². The van der Waals surface area contributed by atoms with Gasteiger partial charge in [0.2, 0.25) is 0 Å². The van der Waals surface area contributed by atoms with Gasteiger partial charge >= 0.3 is 6.09 Å². The molecule has 0 radical (unpaired) electrons. The number of aromatic nitrogens is 1. The highest BCUT2D eigenvalue weighted by Crippen LogP contribution is 2.32. The number of hydrogen-bond acceptors (Lipinski definition) is 5. The first-order valence-corrected chi connectivity index (χ1v) is 14.6. The van der Waals surface area contributed by atoms with Crippen LogP contribution in [0.3, 0.4) is 0 Å². The van der Waals surface area contributed by atoms with Crippen LogP contribution in [-0.2, 0) is 17.8 Å². The van der Waals surface area contributed by atoms with E-state index in [2.05, 4.69) is 69.8 Å². The molecule has 0 aliphatic carbocycles. The Labute approximate surface area is 246 Å². The fourth-order valence-corrected chi connectivity index (χ4v) is 5.86. The van der Waals surface area contributed by atoms with Crippen molar-refractivity contribution >= 4 is 17.7 Å². The zero-order chi connectivity index (χ0) is 28.1. The molecule has 6 nitrogen and oxygen atoms in total. The summed E-state index contributed by atoms with van der Waals surface area (Å²) in [5, 5.41) is 3.57. The van der Waals surface area contributed by atoms with Gasteiger partial charge in [-0.05, 0) is 53.4 Å². The Kier molecular flexibility index (Phi) is 8.21. The van der Waals surface area contributed by atoms with Crippen molar-refractivity contribution in [3.8, 4) is 16.9 Å². The number of carbonyl (C=O) groups is 1. The van der Waals surface area contributed by atoms with Crippen molar-refractivity contribution < 1.29 is 14.3 Å². The van der Waals surface area contributed by atoms with Crippen molar-refractivity contribution in [3.05, 3.63) is 119 Å². The topological polar surface area (TPSA) is 63.7 Å². The number of ether oxygens (including phenoxy) is 2. The number of halogens is 1. The molecule has 3 aromatic carbocycles. The standard InChI is InChI=1S/C34H34ClN3O3/c35-30-11-6-25(7-12-30)20-29(22-38-18-16-34(17-19-38)24-37-33(39)41-34)27-9-14-32(15-10-27)40-23-31-13-8-28(21-36-31)26-4-2-1-3-5-26/h1-15,21,29H,16-20,22-24H2,(H,37,39). The first-order valence-electron chi connectivity index (χ1n) is 14.2. The normalized spacial score (nSPS) is 17.1. The molecule has 1 N–H and O–H groups in total. The molecule has 210 valence electrons. The van der Waals surface area contributed by atoms with E-state index in [1.165, 1.54) is 11.1 Å². The van der Waals surface area contributed by atoms with Gasteiger partial charge < -0.3 is 19.7 Å². The van der Waals surface area contributed by atoms with Crippen molar-refractivity contribution in [2.75, 3.05) is 26.2 Å². The van der Waals surface area contributed by atoms with Crippen molar-refractivity contribution in [2.45, 2.75) is 37.4 Å². The fourth-order valence-electron chi connectivity index (χ4n) is 5.73. The summed E-state index contributed by atoms with van der Waals surface area (Å²) in [7, 11) is 0. The molecular formula is C34H34ClN3O3. The van der Waals surface area contributed by atoms with Crippen molar-refractivity contribution in [2.24, 2.45) is 0 Å². The fraction of sp³-hybridized carbons (Fsp3) is 0.294. The number of nitrogens with one attached hydrogen (secondary N) is 1. The van der Waals surface area contributed by atoms with E-state index >= 15 is 0 Å². The van der Waals surface area contributed by atoms with Gasteiger partial charge in [0, 0.05) is 55.2 Å². The lowest BCUT2D eigenvalue weighted by Gasteiger charge is -2.38. The smallest absolute Gasteiger partial charge is 0.407 e. The molecule has 1 spiro atoms. The lowest BCUT2D eigenvalue weighted by molar-refractivity contribution is -0.000392. The second-order valence-corrected chi connectivity index (χ2v) is 11.5. The third-order valence-electron chi connectivity index (χ3n) is 8.18. The summed E-state index contributed by atoms with van der Waals surface area (Å²) in [6, 6.07) is 30.9. The lowest BCUT2D eigenvalue weighted by atomic mass is 9.88. The summed E-state index contributed by atoms with van der Waals surface area (Å²) in [6.07, 6.45) is 4.22. The van der Waals surface area contributed by atoms with Crippen LogP contribution in [0.5, 0.6) is 5.75 Å². The van der Waals surface area contributed by atoms with Crippen LogP contribution in [0, 0.1) is 0 Å². The van der Waals surface area contributed by atoms with E-state index in [-0.39, 0.29) is 11.7 Å². The lowest BCUT2D eigenvalue weighted by Crippen LogP contribution is -2.47. The minimum absolute atomic E-state index is 0.290. The summed E-state index contributed by atoms with van der Waals surface area (Å²) in [4.78, 5) is 18.7. The Hall–Kier alpha value is -3.87. The molecule has 6 rings (SSSR count). The minimum atomic E-state index is -0.338. The van der Waals surface area contributed by atoms with Gasteiger partial charge in [0.15, 0.2) is 0 Å². The molecule has 2 saturated heterocycles. The maximum absolute atomic E-state index is 11.6. The average Bonchev–Trinajstić information content (AvgIpc) is 3.38. The van der Waals surface area contributed by atoms with Crippen LogP contribution in [0.25, 0.3) is 11.1 Å². The highest BCUT2D eigenvalue weighted by molar-refractivity contribution is 6.30. The first-order chi connectivity index (χ1) is 20.0. The third-order valence-corrected chi connectivity index (χ3v) is 8.43. The van der Waals surface area contributed by atoms with E-state index in [4.69, 9.17) is 21.1 Å². The Morgan fingerprint density at radius 1 is 0.927 bits per heavy atom. The number of rotatable bonds is 9. The van der Waals surface area contributed by atoms with Gasteiger partial charge in [-0.1, -0.05) is 72.3 Å². The summed E-state index contributed by atoms with van der Waals surface area (Å²) in [5.41, 5.74) is 5.32. The van der Waals surface area contributed by atoms with Crippen LogP contribution in [-0.4, -0.2) is 47.8 Å². The van der Waals surface area contributed by atoms with Gasteiger partial charge in [0.1, 0.15) is 18.0 Å². The summed E-state index contributed by atoms with van der Waals surface area (Å²) < 4.78 is 11.7. The van der Waals surface area contributed by atoms with E-state index in [1.807, 2.05) is 42.6 Å². The number of piperidine rings is 1. The van der Waals surface area contributed by atoms with Gasteiger partial charge in [-0.25, -0.2) is 4.79 Å². The van der Waals surface area contributed by atoms with E-state index in [0.717, 1.165) is 66.5 Å². The van der Waals surface area contributed by atoms with Crippen LogP contribution in [0.2, 0.25) is 5.02 Å². The number of pyridine rings is 1. The number of likely N-dealkylation sites (tertiary alicyclic amines) is 1. The van der Waals surface area contributed by atoms with Crippen LogP contribution < -0.4 is 10.1 Å². The number of carbonyl (C=O) groups excluding carboxylic acids is 1.